The molecule has 2 heterocycles. The van der Waals surface area contributed by atoms with E-state index in [2.05, 4.69) is 0 Å². The van der Waals surface area contributed by atoms with Crippen LogP contribution < -0.4 is 4.90 Å². The maximum absolute atomic E-state index is 13.7. The van der Waals surface area contributed by atoms with Gasteiger partial charge in [-0.1, -0.05) is 24.3 Å². The number of aliphatic hydroxyl groups excluding tert-OH is 1. The van der Waals surface area contributed by atoms with Gasteiger partial charge in [-0.3, -0.25) is 24.1 Å². The summed E-state index contributed by atoms with van der Waals surface area (Å²) in [6, 6.07) is 19.2. The van der Waals surface area contributed by atoms with Gasteiger partial charge in [-0.15, -0.1) is 0 Å². The van der Waals surface area contributed by atoms with Gasteiger partial charge in [-0.25, -0.2) is 9.29 Å². The number of fused-ring (bicyclic) bond motifs is 2. The zero-order valence-corrected chi connectivity index (χ0v) is 23.0. The number of amides is 4. The van der Waals surface area contributed by atoms with Gasteiger partial charge in [0.25, 0.3) is 23.6 Å². The molecule has 210 valence electrons. The van der Waals surface area contributed by atoms with E-state index in [9.17, 15) is 28.7 Å². The number of hydrogen-bond donors (Lipinski definition) is 1. The van der Waals surface area contributed by atoms with E-state index in [1.54, 1.807) is 24.3 Å². The second kappa shape index (κ2) is 8.89. The van der Waals surface area contributed by atoms with Crippen molar-refractivity contribution in [3.63, 3.8) is 0 Å². The van der Waals surface area contributed by atoms with E-state index in [-0.39, 0.29) is 30.2 Å². The van der Waals surface area contributed by atoms with Crippen molar-refractivity contribution in [2.45, 2.75) is 25.8 Å². The molecule has 4 amide bonds. The molecule has 0 saturated heterocycles. The largest absolute Gasteiger partial charge is 0.396 e. The molecule has 6 aromatic carbocycles. The lowest BCUT2D eigenvalue weighted by Gasteiger charge is -2.33. The molecular formula is C35H23FN2O5. The maximum Gasteiger partial charge on any atom is 0.265 e. The fourth-order valence-corrected chi connectivity index (χ4v) is 7.03. The maximum atomic E-state index is 13.7. The van der Waals surface area contributed by atoms with Crippen LogP contribution in [-0.2, 0) is 0 Å². The Morgan fingerprint density at radius 2 is 1.02 bits per heavy atom. The van der Waals surface area contributed by atoms with Gasteiger partial charge >= 0.3 is 0 Å². The lowest BCUT2D eigenvalue weighted by molar-refractivity contribution is 0.0538. The fraction of sp³-hybridized carbons (Fsp3) is 0.143. The SMILES string of the molecule is CC(CCCO)N1C(=O)c2ccc3c4ccc5c6c(ccc(c7ccc(c2c37)C1=O)c64)C(=O)N(c1ccc(F)cc1)C5=O. The first kappa shape index (κ1) is 25.5. The summed E-state index contributed by atoms with van der Waals surface area (Å²) in [4.78, 5) is 57.3. The lowest BCUT2D eigenvalue weighted by Crippen LogP contribution is -2.45. The fourth-order valence-electron chi connectivity index (χ4n) is 7.03. The van der Waals surface area contributed by atoms with Gasteiger partial charge < -0.3 is 5.11 Å². The highest BCUT2D eigenvalue weighted by Crippen LogP contribution is 2.46. The van der Waals surface area contributed by atoms with Crippen molar-refractivity contribution in [2.75, 3.05) is 11.5 Å². The van der Waals surface area contributed by atoms with Crippen LogP contribution >= 0.6 is 0 Å². The van der Waals surface area contributed by atoms with Gasteiger partial charge in [-0.05, 0) is 101 Å². The minimum absolute atomic E-state index is 0.0186. The zero-order valence-electron chi connectivity index (χ0n) is 23.0. The summed E-state index contributed by atoms with van der Waals surface area (Å²) in [6.45, 7) is 1.80. The van der Waals surface area contributed by atoms with Gasteiger partial charge in [-0.2, -0.15) is 0 Å². The lowest BCUT2D eigenvalue weighted by atomic mass is 9.82. The van der Waals surface area contributed by atoms with Crippen LogP contribution in [0.3, 0.4) is 0 Å². The molecule has 8 heteroatoms. The average Bonchev–Trinajstić information content (AvgIpc) is 3.01. The molecule has 0 fully saturated rings. The third-order valence-corrected chi connectivity index (χ3v) is 8.97. The number of rotatable bonds is 5. The first-order chi connectivity index (χ1) is 20.8. The molecule has 0 radical (unpaired) electrons. The molecule has 1 atom stereocenters. The van der Waals surface area contributed by atoms with Crippen LogP contribution in [0.5, 0.6) is 0 Å². The number of carbonyl (C=O) groups is 4. The molecular weight excluding hydrogens is 547 g/mol. The van der Waals surface area contributed by atoms with Gasteiger partial charge in [0.05, 0.1) is 5.69 Å². The van der Waals surface area contributed by atoms with Gasteiger partial charge in [0.1, 0.15) is 5.82 Å². The summed E-state index contributed by atoms with van der Waals surface area (Å²) in [5.41, 5.74) is 1.91. The van der Waals surface area contributed by atoms with Crippen LogP contribution in [0.1, 0.15) is 61.2 Å². The smallest absolute Gasteiger partial charge is 0.265 e. The molecule has 1 N–H and O–H groups in total. The van der Waals surface area contributed by atoms with Crippen LogP contribution in [0.4, 0.5) is 10.1 Å². The van der Waals surface area contributed by atoms with Crippen LogP contribution in [0.15, 0.2) is 72.8 Å². The number of nitrogens with zero attached hydrogens (tertiary/aromatic N) is 2. The highest BCUT2D eigenvalue weighted by atomic mass is 19.1. The van der Waals surface area contributed by atoms with E-state index >= 15 is 0 Å². The standard InChI is InChI=1S/C35H23FN2O5/c1-17(3-2-16-39)37-32(40)24-12-8-20-22-10-14-26-31-27(35(43)38(34(26)42)19-6-4-18(36)5-7-19)15-11-23(29(22)31)21-9-13-25(33(37)41)30(24)28(20)21/h4-15,17,39H,2-3,16H2,1H3. The van der Waals surface area contributed by atoms with E-state index < -0.39 is 17.6 Å². The molecule has 0 saturated carbocycles. The molecule has 0 bridgehead atoms. The Hall–Kier alpha value is -5.21. The third kappa shape index (κ3) is 3.26. The number of hydrogen-bond acceptors (Lipinski definition) is 5. The normalized spacial score (nSPS) is 15.6. The molecule has 2 aliphatic rings. The summed E-state index contributed by atoms with van der Waals surface area (Å²) >= 11 is 0. The highest BCUT2D eigenvalue weighted by Gasteiger charge is 2.38. The van der Waals surface area contributed by atoms with Crippen LogP contribution in [0.25, 0.3) is 43.1 Å². The van der Waals surface area contributed by atoms with Crippen molar-refractivity contribution >= 4 is 72.4 Å². The molecule has 43 heavy (non-hydrogen) atoms. The average molecular weight is 571 g/mol. The molecule has 6 aromatic rings. The second-order valence-corrected chi connectivity index (χ2v) is 11.3. The number of benzene rings is 6. The van der Waals surface area contributed by atoms with Crippen molar-refractivity contribution in [1.82, 2.24) is 4.90 Å². The number of anilines is 1. The summed E-state index contributed by atoms with van der Waals surface area (Å²) in [7, 11) is 0. The first-order valence-corrected chi connectivity index (χ1v) is 14.1. The van der Waals surface area contributed by atoms with Crippen LogP contribution in [-0.4, -0.2) is 46.3 Å². The molecule has 7 nitrogen and oxygen atoms in total. The first-order valence-electron chi connectivity index (χ1n) is 14.1. The minimum atomic E-state index is -0.490. The van der Waals surface area contributed by atoms with E-state index in [0.29, 0.717) is 45.9 Å². The molecule has 1 unspecified atom stereocenters. The van der Waals surface area contributed by atoms with Crippen LogP contribution in [0, 0.1) is 5.82 Å². The van der Waals surface area contributed by atoms with E-state index in [1.165, 1.54) is 29.2 Å². The second-order valence-electron chi connectivity index (χ2n) is 11.3. The van der Waals surface area contributed by atoms with E-state index in [4.69, 9.17) is 0 Å². The number of aliphatic hydroxyl groups is 1. The van der Waals surface area contributed by atoms with Crippen molar-refractivity contribution < 1.29 is 28.7 Å². The van der Waals surface area contributed by atoms with E-state index in [0.717, 1.165) is 37.2 Å². The van der Waals surface area contributed by atoms with Gasteiger partial charge in [0.15, 0.2) is 0 Å². The summed E-state index contributed by atoms with van der Waals surface area (Å²) < 4.78 is 13.6. The Bertz CT molecular complexity index is 2120. The molecule has 2 aliphatic heterocycles. The minimum Gasteiger partial charge on any atom is -0.396 e. The third-order valence-electron chi connectivity index (χ3n) is 8.97. The van der Waals surface area contributed by atoms with Crippen molar-refractivity contribution in [1.29, 1.82) is 0 Å². The summed E-state index contributed by atoms with van der Waals surface area (Å²) in [5, 5.41) is 15.2. The zero-order chi connectivity index (χ0) is 29.7. The predicted molar refractivity (Wildman–Crippen MR) is 161 cm³/mol. The number of halogens is 1. The monoisotopic (exact) mass is 570 g/mol. The van der Waals surface area contributed by atoms with Crippen LogP contribution in [0.2, 0.25) is 0 Å². The Kier molecular flexibility index (Phi) is 5.27. The Balaban J connectivity index is 1.38. The predicted octanol–water partition coefficient (Wildman–Crippen LogP) is 6.43. The molecule has 0 spiro atoms. The quantitative estimate of drug-likeness (QED) is 0.146. The van der Waals surface area contributed by atoms with Gasteiger partial charge in [0.2, 0.25) is 0 Å². The van der Waals surface area contributed by atoms with Crippen molar-refractivity contribution in [3.8, 4) is 0 Å². The molecule has 0 aromatic heterocycles. The molecule has 8 rings (SSSR count). The summed E-state index contributed by atoms with van der Waals surface area (Å²) in [5.74, 6) is -2.17. The topological polar surface area (TPSA) is 95.0 Å². The Morgan fingerprint density at radius 3 is 1.44 bits per heavy atom. The Labute approximate surface area is 244 Å². The van der Waals surface area contributed by atoms with Gasteiger partial charge in [0, 0.05) is 45.7 Å². The van der Waals surface area contributed by atoms with Crippen molar-refractivity contribution in [2.24, 2.45) is 0 Å². The summed E-state index contributed by atoms with van der Waals surface area (Å²) in [6.07, 6.45) is 0.981. The number of carbonyl (C=O) groups excluding carboxylic acids is 4. The number of imide groups is 2. The van der Waals surface area contributed by atoms with E-state index in [1.807, 2.05) is 31.2 Å². The Morgan fingerprint density at radius 1 is 0.605 bits per heavy atom. The van der Waals surface area contributed by atoms with Crippen molar-refractivity contribution in [3.05, 3.63) is 101 Å². The molecule has 0 aliphatic carbocycles. The highest BCUT2D eigenvalue weighted by molar-refractivity contribution is 6.43.